The zero-order valence-corrected chi connectivity index (χ0v) is 17.8. The molecule has 1 saturated carbocycles. The van der Waals surface area contributed by atoms with E-state index in [-0.39, 0.29) is 11.8 Å². The summed E-state index contributed by atoms with van der Waals surface area (Å²) >= 11 is 0. The number of nitrogens with zero attached hydrogens (tertiary/aromatic N) is 4. The van der Waals surface area contributed by atoms with Gasteiger partial charge in [-0.1, -0.05) is 23.8 Å². The van der Waals surface area contributed by atoms with Crippen molar-refractivity contribution in [2.24, 2.45) is 11.8 Å². The number of fused-ring (bicyclic) bond motifs is 1. The highest BCUT2D eigenvalue weighted by Crippen LogP contribution is 2.30. The molecule has 6 heteroatoms. The monoisotopic (exact) mass is 403 g/mol. The molecule has 1 atom stereocenters. The van der Waals surface area contributed by atoms with Crippen LogP contribution in [0.5, 0.6) is 0 Å². The summed E-state index contributed by atoms with van der Waals surface area (Å²) in [5.74, 6) is 1.85. The number of piperidine rings is 1. The molecule has 3 heterocycles. The summed E-state index contributed by atoms with van der Waals surface area (Å²) in [5.41, 5.74) is 5.57. The van der Waals surface area contributed by atoms with Crippen LogP contribution in [0, 0.1) is 25.7 Å². The SMILES string of the molecule is Cc1ccc(-c2cc3c(N4CCC[C@@H](C(=O)NCC5CC5)C4)nccn3n2)c(C)c1. The summed E-state index contributed by atoms with van der Waals surface area (Å²) < 4.78 is 1.91. The van der Waals surface area contributed by atoms with Crippen molar-refractivity contribution in [2.45, 2.75) is 39.5 Å². The van der Waals surface area contributed by atoms with Gasteiger partial charge >= 0.3 is 0 Å². The number of carbonyl (C=O) groups is 1. The first-order chi connectivity index (χ1) is 14.6. The van der Waals surface area contributed by atoms with Crippen molar-refractivity contribution in [3.05, 3.63) is 47.8 Å². The van der Waals surface area contributed by atoms with E-state index in [1.807, 2.05) is 10.7 Å². The summed E-state index contributed by atoms with van der Waals surface area (Å²) in [6.07, 6.45) is 8.17. The fraction of sp³-hybridized carbons (Fsp3) is 0.458. The second kappa shape index (κ2) is 7.74. The lowest BCUT2D eigenvalue weighted by atomic mass is 9.97. The van der Waals surface area contributed by atoms with E-state index in [9.17, 15) is 4.79 Å². The quantitative estimate of drug-likeness (QED) is 0.705. The Hall–Kier alpha value is -2.89. The van der Waals surface area contributed by atoms with E-state index in [0.717, 1.165) is 48.5 Å². The lowest BCUT2D eigenvalue weighted by Crippen LogP contribution is -2.44. The van der Waals surface area contributed by atoms with Crippen molar-refractivity contribution >= 4 is 17.2 Å². The number of aromatic nitrogens is 3. The number of hydrogen-bond donors (Lipinski definition) is 1. The molecule has 1 N–H and O–H groups in total. The molecule has 0 unspecified atom stereocenters. The van der Waals surface area contributed by atoms with Gasteiger partial charge in [0, 0.05) is 37.6 Å². The lowest BCUT2D eigenvalue weighted by Gasteiger charge is -2.33. The number of hydrogen-bond acceptors (Lipinski definition) is 4. The predicted molar refractivity (Wildman–Crippen MR) is 119 cm³/mol. The Balaban J connectivity index is 1.41. The number of amides is 1. The molecule has 3 aromatic rings. The van der Waals surface area contributed by atoms with Crippen LogP contribution in [-0.4, -0.2) is 40.1 Å². The Morgan fingerprint density at radius 3 is 2.87 bits per heavy atom. The molecule has 6 nitrogen and oxygen atoms in total. The summed E-state index contributed by atoms with van der Waals surface area (Å²) in [6.45, 7) is 6.71. The Morgan fingerprint density at radius 2 is 2.07 bits per heavy atom. The second-order valence-electron chi connectivity index (χ2n) is 8.90. The minimum absolute atomic E-state index is 0.0290. The minimum atomic E-state index is 0.0290. The van der Waals surface area contributed by atoms with Crippen molar-refractivity contribution in [1.82, 2.24) is 19.9 Å². The highest BCUT2D eigenvalue weighted by Gasteiger charge is 2.29. The number of rotatable bonds is 5. The second-order valence-corrected chi connectivity index (χ2v) is 8.90. The molecular formula is C24H29N5O. The highest BCUT2D eigenvalue weighted by atomic mass is 16.1. The Morgan fingerprint density at radius 1 is 1.20 bits per heavy atom. The molecule has 1 aliphatic heterocycles. The van der Waals surface area contributed by atoms with E-state index in [2.05, 4.69) is 53.3 Å². The lowest BCUT2D eigenvalue weighted by molar-refractivity contribution is -0.125. The molecule has 0 bridgehead atoms. The third-order valence-electron chi connectivity index (χ3n) is 6.38. The normalized spacial score (nSPS) is 19.3. The Kier molecular flexibility index (Phi) is 4.93. The van der Waals surface area contributed by atoms with Gasteiger partial charge in [0.2, 0.25) is 5.91 Å². The maximum absolute atomic E-state index is 12.6. The minimum Gasteiger partial charge on any atom is -0.356 e. The molecule has 2 aromatic heterocycles. The van der Waals surface area contributed by atoms with Crippen LogP contribution in [0.25, 0.3) is 16.8 Å². The van der Waals surface area contributed by atoms with Gasteiger partial charge in [-0.25, -0.2) is 9.50 Å². The fourth-order valence-corrected chi connectivity index (χ4v) is 4.48. The van der Waals surface area contributed by atoms with Crippen molar-refractivity contribution in [2.75, 3.05) is 24.5 Å². The third-order valence-corrected chi connectivity index (χ3v) is 6.38. The molecule has 0 spiro atoms. The van der Waals surface area contributed by atoms with Crippen LogP contribution < -0.4 is 10.2 Å². The smallest absolute Gasteiger partial charge is 0.224 e. The van der Waals surface area contributed by atoms with Crippen molar-refractivity contribution in [3.8, 4) is 11.3 Å². The first-order valence-electron chi connectivity index (χ1n) is 11.0. The zero-order chi connectivity index (χ0) is 20.7. The van der Waals surface area contributed by atoms with E-state index in [1.54, 1.807) is 6.20 Å². The first-order valence-corrected chi connectivity index (χ1v) is 11.0. The van der Waals surface area contributed by atoms with Gasteiger partial charge < -0.3 is 10.2 Å². The van der Waals surface area contributed by atoms with Gasteiger partial charge in [-0.15, -0.1) is 0 Å². The Labute approximate surface area is 177 Å². The highest BCUT2D eigenvalue weighted by molar-refractivity contribution is 5.81. The molecule has 1 saturated heterocycles. The molecule has 0 radical (unpaired) electrons. The van der Waals surface area contributed by atoms with Crippen molar-refractivity contribution in [1.29, 1.82) is 0 Å². The van der Waals surface area contributed by atoms with Crippen LogP contribution in [0.4, 0.5) is 5.82 Å². The fourth-order valence-electron chi connectivity index (χ4n) is 4.48. The van der Waals surface area contributed by atoms with Gasteiger partial charge in [-0.3, -0.25) is 4.79 Å². The summed E-state index contributed by atoms with van der Waals surface area (Å²) in [6, 6.07) is 8.58. The molecule has 5 rings (SSSR count). The maximum Gasteiger partial charge on any atom is 0.224 e. The van der Waals surface area contributed by atoms with Gasteiger partial charge in [0.1, 0.15) is 5.52 Å². The third kappa shape index (κ3) is 3.78. The molecular weight excluding hydrogens is 374 g/mol. The van der Waals surface area contributed by atoms with Gasteiger partial charge in [0.25, 0.3) is 0 Å². The molecule has 2 aliphatic rings. The van der Waals surface area contributed by atoms with Crippen molar-refractivity contribution < 1.29 is 4.79 Å². The Bertz CT molecular complexity index is 1080. The van der Waals surface area contributed by atoms with E-state index in [4.69, 9.17) is 5.10 Å². The van der Waals surface area contributed by atoms with Gasteiger partial charge in [0.15, 0.2) is 5.82 Å². The van der Waals surface area contributed by atoms with Gasteiger partial charge in [-0.05, 0) is 57.1 Å². The van der Waals surface area contributed by atoms with E-state index >= 15 is 0 Å². The number of benzene rings is 1. The van der Waals surface area contributed by atoms with E-state index < -0.39 is 0 Å². The largest absolute Gasteiger partial charge is 0.356 e. The van der Waals surface area contributed by atoms with Crippen LogP contribution in [-0.2, 0) is 4.79 Å². The number of nitrogens with one attached hydrogen (secondary N) is 1. The topological polar surface area (TPSA) is 62.5 Å². The molecule has 1 aliphatic carbocycles. The van der Waals surface area contributed by atoms with Crippen molar-refractivity contribution in [3.63, 3.8) is 0 Å². The van der Waals surface area contributed by atoms with E-state index in [0.29, 0.717) is 12.5 Å². The average Bonchev–Trinajstić information content (AvgIpc) is 3.48. The molecule has 2 fully saturated rings. The van der Waals surface area contributed by atoms with Crippen LogP contribution in [0.2, 0.25) is 0 Å². The van der Waals surface area contributed by atoms with Crippen LogP contribution in [0.1, 0.15) is 36.8 Å². The summed E-state index contributed by atoms with van der Waals surface area (Å²) in [4.78, 5) is 19.6. The molecule has 156 valence electrons. The van der Waals surface area contributed by atoms with Crippen LogP contribution in [0.15, 0.2) is 36.7 Å². The average molecular weight is 404 g/mol. The number of anilines is 1. The standard InChI is InChI=1S/C24H29N5O/c1-16-5-8-20(17(2)12-16)21-13-22-23(25-9-11-29(22)27-21)28-10-3-4-19(15-28)24(30)26-14-18-6-7-18/h5,8-9,11-13,18-19H,3-4,6-7,10,14-15H2,1-2H3,(H,26,30)/t19-/m1/s1. The summed E-state index contributed by atoms with van der Waals surface area (Å²) in [7, 11) is 0. The first kappa shape index (κ1) is 19.1. The van der Waals surface area contributed by atoms with E-state index in [1.165, 1.54) is 24.0 Å². The molecule has 1 amide bonds. The van der Waals surface area contributed by atoms with Gasteiger partial charge in [-0.2, -0.15) is 5.10 Å². The van der Waals surface area contributed by atoms with Crippen LogP contribution in [0.3, 0.4) is 0 Å². The zero-order valence-electron chi connectivity index (χ0n) is 17.8. The molecule has 1 aromatic carbocycles. The maximum atomic E-state index is 12.6. The molecule has 30 heavy (non-hydrogen) atoms. The predicted octanol–water partition coefficient (Wildman–Crippen LogP) is 3.76. The number of aryl methyl sites for hydroxylation is 2. The van der Waals surface area contributed by atoms with Gasteiger partial charge in [0.05, 0.1) is 11.6 Å². The van der Waals surface area contributed by atoms with Crippen LogP contribution >= 0.6 is 0 Å². The summed E-state index contributed by atoms with van der Waals surface area (Å²) in [5, 5.41) is 7.97. The number of carbonyl (C=O) groups excluding carboxylic acids is 1.